The summed E-state index contributed by atoms with van der Waals surface area (Å²) in [7, 11) is 2.03. The second-order valence-electron chi connectivity index (χ2n) is 38.1. The van der Waals surface area contributed by atoms with Crippen molar-refractivity contribution in [2.75, 3.05) is 11.4 Å². The third kappa shape index (κ3) is 45.3. The van der Waals surface area contributed by atoms with Gasteiger partial charge in [0.15, 0.2) is 0 Å². The zero-order chi connectivity index (χ0) is 89.4. The van der Waals surface area contributed by atoms with Crippen molar-refractivity contribution in [1.29, 1.82) is 0 Å². The van der Waals surface area contributed by atoms with Crippen LogP contribution in [0.4, 0.5) is 5.69 Å². The van der Waals surface area contributed by atoms with E-state index in [9.17, 15) is 0 Å². The summed E-state index contributed by atoms with van der Waals surface area (Å²) in [5.41, 5.74) is 15.2. The van der Waals surface area contributed by atoms with Crippen LogP contribution in [0.3, 0.4) is 0 Å². The maximum absolute atomic E-state index is 4.38. The van der Waals surface area contributed by atoms with Crippen molar-refractivity contribution >= 4 is 55.3 Å². The smallest absolute Gasteiger partial charge is 0.139 e. The lowest BCUT2D eigenvalue weighted by Gasteiger charge is -2.34. The summed E-state index contributed by atoms with van der Waals surface area (Å²) in [4.78, 5) is 26.5. The van der Waals surface area contributed by atoms with Crippen LogP contribution in [-0.2, 0) is 31.8 Å². The molecule has 0 bridgehead atoms. The number of pyridine rings is 4. The molecule has 1 aliphatic carbocycles. The van der Waals surface area contributed by atoms with Crippen molar-refractivity contribution in [3.05, 3.63) is 305 Å². The van der Waals surface area contributed by atoms with Gasteiger partial charge in [0.05, 0.1) is 64.4 Å². The van der Waals surface area contributed by atoms with Gasteiger partial charge in [-0.15, -0.1) is 0 Å². The average molecular weight is 1630 g/mol. The Morgan fingerprint density at radius 2 is 0.742 bits per heavy atom. The van der Waals surface area contributed by atoms with Crippen molar-refractivity contribution in [1.82, 2.24) is 71.5 Å². The van der Waals surface area contributed by atoms with E-state index in [1.165, 1.54) is 65.3 Å². The lowest BCUT2D eigenvalue weighted by molar-refractivity contribution is 0.368. The van der Waals surface area contributed by atoms with E-state index in [0.29, 0.717) is 10.8 Å². The second-order valence-corrected chi connectivity index (χ2v) is 38.1. The van der Waals surface area contributed by atoms with E-state index in [0.717, 1.165) is 57.4 Å². The van der Waals surface area contributed by atoms with Crippen LogP contribution in [0.5, 0.6) is 0 Å². The third-order valence-electron chi connectivity index (χ3n) is 15.0. The molecule has 16 heteroatoms. The van der Waals surface area contributed by atoms with E-state index in [2.05, 4.69) is 322 Å². The van der Waals surface area contributed by atoms with Crippen molar-refractivity contribution < 1.29 is 0 Å². The number of imidazole rings is 4. The minimum Gasteiger partial charge on any atom is -0.366 e. The largest absolute Gasteiger partial charge is 0.366 e. The van der Waals surface area contributed by atoms with Crippen LogP contribution in [0.1, 0.15) is 224 Å². The fraction of sp³-hybridized carbons (Fsp3) is 0.423. The normalized spacial score (nSPS) is 11.4. The van der Waals surface area contributed by atoms with Gasteiger partial charge in [-0.1, -0.05) is 238 Å². The molecular weight excluding hydrogens is 1470 g/mol. The molecule has 0 amide bonds. The fourth-order valence-corrected chi connectivity index (χ4v) is 10.4. The third-order valence-corrected chi connectivity index (χ3v) is 15.0. The van der Waals surface area contributed by atoms with Crippen LogP contribution in [0.25, 0.3) is 49.7 Å². The highest BCUT2D eigenvalue weighted by molar-refractivity contribution is 5.79. The summed E-state index contributed by atoms with van der Waals surface area (Å²) in [5.74, 6) is 4.17. The molecule has 0 unspecified atom stereocenters. The summed E-state index contributed by atoms with van der Waals surface area (Å²) in [6, 6.07) is 57.5. The molecule has 14 heterocycles. The number of hydrogen-bond acceptors (Lipinski definition) is 9. The number of anilines is 1. The van der Waals surface area contributed by atoms with Crippen molar-refractivity contribution in [2.24, 2.45) is 47.5 Å². The highest BCUT2D eigenvalue weighted by atomic mass is 15.3. The second kappa shape index (κ2) is 54.2. The molecule has 16 nitrogen and oxygen atoms in total. The van der Waals surface area contributed by atoms with Gasteiger partial charge < -0.3 is 22.7 Å². The molecule has 0 saturated heterocycles. The van der Waals surface area contributed by atoms with Gasteiger partial charge in [-0.25, -0.2) is 29.4 Å². The first kappa shape index (κ1) is 103. The summed E-state index contributed by atoms with van der Waals surface area (Å²) < 4.78 is 13.7. The quantitative estimate of drug-likeness (QED) is 0.145. The van der Waals surface area contributed by atoms with E-state index < -0.39 is 0 Å². The Kier molecular flexibility index (Phi) is 46.6. The number of hydrogen-bond donors (Lipinski definition) is 0. The maximum Gasteiger partial charge on any atom is 0.139 e. The molecule has 0 radical (unpaired) electrons. The maximum atomic E-state index is 4.38. The van der Waals surface area contributed by atoms with Gasteiger partial charge in [-0.05, 0) is 215 Å². The molecule has 0 saturated carbocycles. The SMILES string of the molecule is CC(C)(C)C.CC(C)(C)C.CC(C)(C)N1CCc2ccccc21.CC(C)(C)n1ncc2ccccc21.CC(C)C.CC(C)C.CC(C)C.CC(C)C.CC(C)C.Cn1ccc2cnccc21.c1cc2nccn2cn1.c1ccc2c(c1)CCC2.c1ccn2ccnc2c1.c1ccn2cncc2c1.c1ccn2cncc2c1.c1cnn2cccc2c1. The van der Waals surface area contributed by atoms with Crippen LogP contribution in [0, 0.1) is 40.4 Å². The van der Waals surface area contributed by atoms with Crippen molar-refractivity contribution in [2.45, 2.75) is 238 Å². The fourth-order valence-electron chi connectivity index (χ4n) is 10.4. The Labute approximate surface area is 723 Å². The number of para-hydroxylation sites is 2. The summed E-state index contributed by atoms with van der Waals surface area (Å²) in [6.07, 6.45) is 40.4. The average Bonchev–Trinajstić information content (AvgIpc) is 1.66. The molecule has 13 aromatic heterocycles. The van der Waals surface area contributed by atoms with Gasteiger partial charge in [0, 0.05) is 116 Å². The molecule has 0 N–H and O–H groups in total. The zero-order valence-electron chi connectivity index (χ0n) is 79.2. The topological polar surface area (TPSA) is 138 Å². The van der Waals surface area contributed by atoms with Gasteiger partial charge in [0.25, 0.3) is 0 Å². The van der Waals surface area contributed by atoms with E-state index in [1.54, 1.807) is 54.9 Å². The Morgan fingerprint density at radius 3 is 1.23 bits per heavy atom. The lowest BCUT2D eigenvalue weighted by Crippen LogP contribution is -2.40. The molecule has 648 valence electrons. The predicted molar refractivity (Wildman–Crippen MR) is 518 cm³/mol. The highest BCUT2D eigenvalue weighted by Gasteiger charge is 2.27. The Bertz CT molecular complexity index is 4630. The van der Waals surface area contributed by atoms with Gasteiger partial charge in [0.2, 0.25) is 0 Å². The number of aromatic nitrogens is 15. The predicted octanol–water partition coefficient (Wildman–Crippen LogP) is 27.9. The molecule has 16 aromatic rings. The monoisotopic (exact) mass is 1630 g/mol. The zero-order valence-corrected chi connectivity index (χ0v) is 79.2. The van der Waals surface area contributed by atoms with Crippen molar-refractivity contribution in [3.63, 3.8) is 0 Å². The molecule has 18 rings (SSSR count). The van der Waals surface area contributed by atoms with Crippen LogP contribution in [0.15, 0.2) is 288 Å². The number of nitrogens with zero attached hydrogens (tertiary/aromatic N) is 16. The number of benzene rings is 3. The van der Waals surface area contributed by atoms with Crippen LogP contribution < -0.4 is 4.90 Å². The van der Waals surface area contributed by atoms with Crippen molar-refractivity contribution in [3.8, 4) is 0 Å². The minimum absolute atomic E-state index is 0.0586. The first-order valence-corrected chi connectivity index (χ1v) is 42.9. The summed E-state index contributed by atoms with van der Waals surface area (Å²) >= 11 is 0. The Hall–Kier alpha value is -11.0. The number of rotatable bonds is 0. The number of fused-ring (bicyclic) bond motifs is 9. The lowest BCUT2D eigenvalue weighted by atomic mass is 10.0. The van der Waals surface area contributed by atoms with E-state index in [1.807, 2.05) is 207 Å². The Morgan fingerprint density at radius 1 is 0.308 bits per heavy atom. The molecule has 3 aromatic carbocycles. The van der Waals surface area contributed by atoms with Gasteiger partial charge in [-0.2, -0.15) is 10.2 Å². The van der Waals surface area contributed by atoms with Gasteiger partial charge >= 0.3 is 0 Å². The molecule has 120 heavy (non-hydrogen) atoms. The first-order chi connectivity index (χ1) is 56.5. The molecule has 0 atom stereocenters. The Balaban J connectivity index is 0.000000336. The molecular formula is C104H152N16. The van der Waals surface area contributed by atoms with E-state index in [4.69, 9.17) is 0 Å². The van der Waals surface area contributed by atoms with E-state index >= 15 is 0 Å². The minimum atomic E-state index is 0.0586. The molecule has 2 aliphatic rings. The van der Waals surface area contributed by atoms with Crippen LogP contribution >= 0.6 is 0 Å². The molecule has 0 fully saturated rings. The number of aryl methyl sites for hydroxylation is 3. The van der Waals surface area contributed by atoms with Crippen LogP contribution in [0.2, 0.25) is 0 Å². The highest BCUT2D eigenvalue weighted by Crippen LogP contribution is 2.33. The van der Waals surface area contributed by atoms with Gasteiger partial charge in [0.1, 0.15) is 17.6 Å². The molecule has 0 spiro atoms. The van der Waals surface area contributed by atoms with Gasteiger partial charge in [-0.3, -0.25) is 14.1 Å². The summed E-state index contributed by atoms with van der Waals surface area (Å²) in [6.45, 7) is 64.5. The standard InChI is InChI=1S/C12H17N.C11H14N2.C9H10.C8H8N2.4C7H6N2.C6H5N3.2C5H12.5C4H10/c1-12(2,3)13-9-8-10-6-4-5-7-11(10)13;1-11(2,3)13-10-7-5-4-6-9(10)8-12-13;1-2-5-9-7-3-6-8(9)4-1;1-10-5-3-7-6-9-4-2-8(7)10;1-3-7-4-2-6-9(7)8-5-1;1-2-5-9-6-4-8-7(9)3-1;2*1-2-4-9-6-8-5-7(9)3-1;1-2-7-5-9-4-3-8-6(1)9;2*1-5(2,3)4;5*1-4(2)3/h4-7H,8-9H2,1-3H3;4-8H,1-3H3;1-2,4-5H,3,6-7H2;2-6H,1H3;4*1-6H;1-5H;2*1-4H3;5*4H,1-3H3. The summed E-state index contributed by atoms with van der Waals surface area (Å²) in [5, 5.41) is 10.8. The van der Waals surface area contributed by atoms with Crippen LogP contribution in [-0.4, -0.2) is 83.6 Å². The first-order valence-electron chi connectivity index (χ1n) is 42.9. The molecule has 1 aliphatic heterocycles. The van der Waals surface area contributed by atoms with E-state index in [-0.39, 0.29) is 11.1 Å².